The highest BCUT2D eigenvalue weighted by Crippen LogP contribution is 2.27. The number of amides is 1. The van der Waals surface area contributed by atoms with E-state index in [-0.39, 0.29) is 10.0 Å². The molecule has 1 aromatic carbocycles. The molecule has 104 valence electrons. The van der Waals surface area contributed by atoms with Gasteiger partial charge in [0, 0.05) is 0 Å². The lowest BCUT2D eigenvalue weighted by Gasteiger charge is -2.20. The highest BCUT2D eigenvalue weighted by molar-refractivity contribution is 9.10. The fourth-order valence-electron chi connectivity index (χ4n) is 1.26. The number of carbonyl (C=O) groups is 2. The number of aromatic carboxylic acids is 1. The second-order valence-corrected chi connectivity index (χ2v) is 5.57. The van der Waals surface area contributed by atoms with Gasteiger partial charge in [-0.2, -0.15) is 0 Å². The van der Waals surface area contributed by atoms with E-state index in [1.165, 1.54) is 12.1 Å². The molecule has 0 atom stereocenters. The van der Waals surface area contributed by atoms with E-state index in [4.69, 9.17) is 9.84 Å². The van der Waals surface area contributed by atoms with Crippen LogP contribution in [0.25, 0.3) is 0 Å². The van der Waals surface area contributed by atoms with Gasteiger partial charge in [-0.25, -0.2) is 14.0 Å². The summed E-state index contributed by atoms with van der Waals surface area (Å²) in [4.78, 5) is 22.5. The Morgan fingerprint density at radius 3 is 2.42 bits per heavy atom. The van der Waals surface area contributed by atoms with Crippen molar-refractivity contribution in [1.82, 2.24) is 0 Å². The number of anilines is 1. The lowest BCUT2D eigenvalue weighted by Crippen LogP contribution is -2.28. The van der Waals surface area contributed by atoms with Crippen LogP contribution < -0.4 is 5.32 Å². The van der Waals surface area contributed by atoms with Crippen LogP contribution in [-0.4, -0.2) is 22.8 Å². The van der Waals surface area contributed by atoms with Crippen molar-refractivity contribution in [2.24, 2.45) is 0 Å². The first kappa shape index (κ1) is 15.4. The normalized spacial score (nSPS) is 11.0. The lowest BCUT2D eigenvalue weighted by atomic mass is 10.1. The molecule has 0 radical (unpaired) electrons. The first-order chi connectivity index (χ1) is 8.61. The van der Waals surface area contributed by atoms with Gasteiger partial charge in [0.25, 0.3) is 0 Å². The van der Waals surface area contributed by atoms with Crippen LogP contribution in [0.2, 0.25) is 0 Å². The number of benzene rings is 1. The van der Waals surface area contributed by atoms with Crippen LogP contribution in [0.1, 0.15) is 31.1 Å². The number of ether oxygens (including phenoxy) is 1. The predicted molar refractivity (Wildman–Crippen MR) is 70.9 cm³/mol. The Hall–Kier alpha value is -1.63. The van der Waals surface area contributed by atoms with Gasteiger partial charge in [0.15, 0.2) is 5.82 Å². The van der Waals surface area contributed by atoms with Crippen LogP contribution in [-0.2, 0) is 4.74 Å². The van der Waals surface area contributed by atoms with Gasteiger partial charge in [-0.3, -0.25) is 5.32 Å². The summed E-state index contributed by atoms with van der Waals surface area (Å²) in [5.74, 6) is -2.22. The summed E-state index contributed by atoms with van der Waals surface area (Å²) < 4.78 is 18.8. The molecule has 7 heteroatoms. The van der Waals surface area contributed by atoms with Gasteiger partial charge in [0.1, 0.15) is 5.60 Å². The van der Waals surface area contributed by atoms with Gasteiger partial charge in [0.2, 0.25) is 0 Å². The zero-order chi connectivity index (χ0) is 14.8. The average molecular weight is 334 g/mol. The van der Waals surface area contributed by atoms with Gasteiger partial charge in [0.05, 0.1) is 15.7 Å². The standard InChI is InChI=1S/C12H13BrFNO4/c1-12(2,3)19-11(18)15-9-6(10(16)17)4-5-7(13)8(9)14/h4-5H,1-3H3,(H,15,18)(H,16,17). The Morgan fingerprint density at radius 2 is 1.95 bits per heavy atom. The van der Waals surface area contributed by atoms with E-state index in [2.05, 4.69) is 21.2 Å². The van der Waals surface area contributed by atoms with E-state index in [0.717, 1.165) is 0 Å². The van der Waals surface area contributed by atoms with Crippen molar-refractivity contribution in [3.8, 4) is 0 Å². The Balaban J connectivity index is 3.09. The first-order valence-electron chi connectivity index (χ1n) is 5.33. The number of halogens is 2. The van der Waals surface area contributed by atoms with Crippen LogP contribution in [0.5, 0.6) is 0 Å². The molecular formula is C12H13BrFNO4. The zero-order valence-electron chi connectivity index (χ0n) is 10.6. The second-order valence-electron chi connectivity index (χ2n) is 4.72. The van der Waals surface area contributed by atoms with Crippen LogP contribution in [0, 0.1) is 5.82 Å². The van der Waals surface area contributed by atoms with Gasteiger partial charge in [-0.15, -0.1) is 0 Å². The van der Waals surface area contributed by atoms with Crippen LogP contribution in [0.3, 0.4) is 0 Å². The van der Waals surface area contributed by atoms with E-state index in [0.29, 0.717) is 0 Å². The Kier molecular flexibility index (Phi) is 4.52. The number of rotatable bonds is 2. The highest BCUT2D eigenvalue weighted by atomic mass is 79.9. The molecule has 2 N–H and O–H groups in total. The third kappa shape index (κ3) is 4.20. The quantitative estimate of drug-likeness (QED) is 0.866. The van der Waals surface area contributed by atoms with Crippen molar-refractivity contribution in [3.63, 3.8) is 0 Å². The summed E-state index contributed by atoms with van der Waals surface area (Å²) in [6.45, 7) is 4.92. The number of carbonyl (C=O) groups excluding carboxylic acids is 1. The summed E-state index contributed by atoms with van der Waals surface area (Å²) in [5.41, 5.74) is -1.56. The molecule has 0 fully saturated rings. The molecule has 1 amide bonds. The van der Waals surface area contributed by atoms with Crippen molar-refractivity contribution in [3.05, 3.63) is 28.0 Å². The molecule has 0 bridgehead atoms. The number of carboxylic acid groups (broad SMARTS) is 1. The first-order valence-corrected chi connectivity index (χ1v) is 6.12. The van der Waals surface area contributed by atoms with Crippen molar-refractivity contribution < 1.29 is 23.8 Å². The molecule has 0 aliphatic carbocycles. The topological polar surface area (TPSA) is 75.6 Å². The number of carboxylic acids is 1. The van der Waals surface area contributed by atoms with Crippen molar-refractivity contribution in [2.45, 2.75) is 26.4 Å². The molecule has 0 saturated carbocycles. The Morgan fingerprint density at radius 1 is 1.37 bits per heavy atom. The SMILES string of the molecule is CC(C)(C)OC(=O)Nc1c(C(=O)O)ccc(Br)c1F. The summed E-state index contributed by atoms with van der Waals surface area (Å²) in [6, 6.07) is 2.43. The molecule has 0 aliphatic rings. The molecule has 0 aromatic heterocycles. The number of nitrogens with one attached hydrogen (secondary N) is 1. The molecule has 0 saturated heterocycles. The maximum Gasteiger partial charge on any atom is 0.412 e. The van der Waals surface area contributed by atoms with Crippen LogP contribution in [0.4, 0.5) is 14.9 Å². The van der Waals surface area contributed by atoms with Gasteiger partial charge in [-0.1, -0.05) is 0 Å². The summed E-state index contributed by atoms with van der Waals surface area (Å²) >= 11 is 2.92. The highest BCUT2D eigenvalue weighted by Gasteiger charge is 2.22. The molecule has 1 aromatic rings. The Bertz CT molecular complexity index is 525. The third-order valence-electron chi connectivity index (χ3n) is 1.95. The number of hydrogen-bond acceptors (Lipinski definition) is 3. The molecular weight excluding hydrogens is 321 g/mol. The molecule has 0 spiro atoms. The van der Waals surface area contributed by atoms with E-state index < -0.39 is 29.2 Å². The molecule has 0 aliphatic heterocycles. The van der Waals surface area contributed by atoms with Gasteiger partial charge < -0.3 is 9.84 Å². The van der Waals surface area contributed by atoms with Gasteiger partial charge in [-0.05, 0) is 48.8 Å². The average Bonchev–Trinajstić information content (AvgIpc) is 2.21. The molecule has 0 unspecified atom stereocenters. The van der Waals surface area contributed by atoms with Crippen molar-refractivity contribution in [1.29, 1.82) is 0 Å². The minimum atomic E-state index is -1.35. The largest absolute Gasteiger partial charge is 0.478 e. The maximum absolute atomic E-state index is 13.8. The summed E-state index contributed by atoms with van der Waals surface area (Å²) in [5, 5.41) is 11.1. The zero-order valence-corrected chi connectivity index (χ0v) is 12.2. The van der Waals surface area contributed by atoms with Crippen LogP contribution in [0.15, 0.2) is 16.6 Å². The van der Waals surface area contributed by atoms with E-state index >= 15 is 0 Å². The maximum atomic E-state index is 13.8. The van der Waals surface area contributed by atoms with E-state index in [1.54, 1.807) is 20.8 Å². The molecule has 19 heavy (non-hydrogen) atoms. The smallest absolute Gasteiger partial charge is 0.412 e. The minimum absolute atomic E-state index is 0.0450. The Labute approximate surface area is 117 Å². The summed E-state index contributed by atoms with van der Waals surface area (Å²) in [6.07, 6.45) is -0.924. The summed E-state index contributed by atoms with van der Waals surface area (Å²) in [7, 11) is 0. The van der Waals surface area contributed by atoms with Crippen molar-refractivity contribution in [2.75, 3.05) is 5.32 Å². The van der Waals surface area contributed by atoms with E-state index in [9.17, 15) is 14.0 Å². The minimum Gasteiger partial charge on any atom is -0.478 e. The fraction of sp³-hybridized carbons (Fsp3) is 0.333. The monoisotopic (exact) mass is 333 g/mol. The lowest BCUT2D eigenvalue weighted by molar-refractivity contribution is 0.0635. The second kappa shape index (κ2) is 5.56. The molecule has 0 heterocycles. The van der Waals surface area contributed by atoms with Gasteiger partial charge >= 0.3 is 12.1 Å². The fourth-order valence-corrected chi connectivity index (χ4v) is 1.59. The van der Waals surface area contributed by atoms with Crippen molar-refractivity contribution >= 4 is 33.7 Å². The molecule has 1 rings (SSSR count). The van der Waals surface area contributed by atoms with Crippen LogP contribution >= 0.6 is 15.9 Å². The molecule has 5 nitrogen and oxygen atoms in total. The number of hydrogen-bond donors (Lipinski definition) is 2. The third-order valence-corrected chi connectivity index (χ3v) is 2.56. The predicted octanol–water partition coefficient (Wildman–Crippen LogP) is 3.63. The van der Waals surface area contributed by atoms with E-state index in [1.807, 2.05) is 0 Å².